The van der Waals surface area contributed by atoms with Crippen LogP contribution in [0.4, 0.5) is 25.0 Å². The van der Waals surface area contributed by atoms with Gasteiger partial charge in [-0.1, -0.05) is 12.1 Å². The van der Waals surface area contributed by atoms with E-state index >= 15 is 0 Å². The van der Waals surface area contributed by atoms with Crippen LogP contribution in [0.3, 0.4) is 0 Å². The molecule has 34 heavy (non-hydrogen) atoms. The highest BCUT2D eigenvalue weighted by Gasteiger charge is 2.29. The van der Waals surface area contributed by atoms with Crippen LogP contribution in [0.25, 0.3) is 0 Å². The SMILES string of the molecule is CC(C)Oc1ccccc1N1CCN([C@H]2CC[C@@H](NC(=O)Nc3cc(F)cc(F)c3)CC2)CC1. The summed E-state index contributed by atoms with van der Waals surface area (Å²) in [6.45, 7) is 8.02. The average molecular weight is 473 g/mol. The third kappa shape index (κ3) is 6.38. The lowest BCUT2D eigenvalue weighted by Crippen LogP contribution is -2.52. The van der Waals surface area contributed by atoms with Crippen LogP contribution in [0.5, 0.6) is 5.75 Å². The summed E-state index contributed by atoms with van der Waals surface area (Å²) in [5, 5.41) is 5.47. The van der Waals surface area contributed by atoms with E-state index in [-0.39, 0.29) is 17.8 Å². The topological polar surface area (TPSA) is 56.8 Å². The maximum Gasteiger partial charge on any atom is 0.319 e. The van der Waals surface area contributed by atoms with Crippen LogP contribution in [-0.2, 0) is 0 Å². The van der Waals surface area contributed by atoms with E-state index in [1.807, 2.05) is 26.0 Å². The van der Waals surface area contributed by atoms with E-state index < -0.39 is 17.7 Å². The Kier molecular flexibility index (Phi) is 7.88. The number of urea groups is 1. The fraction of sp³-hybridized carbons (Fsp3) is 0.500. The number of nitrogens with zero attached hydrogens (tertiary/aromatic N) is 2. The van der Waals surface area contributed by atoms with Crippen LogP contribution in [0.15, 0.2) is 42.5 Å². The number of benzene rings is 2. The molecule has 1 aliphatic heterocycles. The van der Waals surface area contributed by atoms with Gasteiger partial charge in [-0.25, -0.2) is 13.6 Å². The van der Waals surface area contributed by atoms with E-state index in [0.717, 1.165) is 81.5 Å². The maximum absolute atomic E-state index is 13.3. The van der Waals surface area contributed by atoms with E-state index in [1.54, 1.807) is 0 Å². The summed E-state index contributed by atoms with van der Waals surface area (Å²) in [5.41, 5.74) is 1.27. The molecule has 2 aliphatic rings. The summed E-state index contributed by atoms with van der Waals surface area (Å²) < 4.78 is 32.6. The second-order valence-electron chi connectivity index (χ2n) is 9.42. The van der Waals surface area contributed by atoms with Crippen LogP contribution < -0.4 is 20.3 Å². The molecule has 2 amide bonds. The van der Waals surface area contributed by atoms with Gasteiger partial charge in [0.25, 0.3) is 0 Å². The van der Waals surface area contributed by atoms with E-state index in [4.69, 9.17) is 4.74 Å². The summed E-state index contributed by atoms with van der Waals surface area (Å²) in [6, 6.07) is 11.4. The first kappa shape index (κ1) is 24.3. The number of anilines is 2. The maximum atomic E-state index is 13.3. The van der Waals surface area contributed by atoms with E-state index in [2.05, 4.69) is 32.6 Å². The van der Waals surface area contributed by atoms with Crippen LogP contribution in [-0.4, -0.2) is 55.3 Å². The van der Waals surface area contributed by atoms with Gasteiger partial charge in [-0.05, 0) is 63.8 Å². The van der Waals surface area contributed by atoms with Crippen molar-refractivity contribution in [1.82, 2.24) is 10.2 Å². The largest absolute Gasteiger partial charge is 0.489 e. The number of para-hydroxylation sites is 2. The molecule has 1 heterocycles. The van der Waals surface area contributed by atoms with Gasteiger partial charge in [0, 0.05) is 50.0 Å². The van der Waals surface area contributed by atoms with Crippen molar-refractivity contribution in [3.05, 3.63) is 54.1 Å². The number of halogens is 2. The van der Waals surface area contributed by atoms with Gasteiger partial charge in [0.1, 0.15) is 17.4 Å². The Morgan fingerprint density at radius 3 is 2.26 bits per heavy atom. The first-order valence-electron chi connectivity index (χ1n) is 12.2. The normalized spacial score (nSPS) is 21.4. The van der Waals surface area contributed by atoms with Crippen LogP contribution in [0.1, 0.15) is 39.5 Å². The molecule has 0 aromatic heterocycles. The van der Waals surface area contributed by atoms with Crippen LogP contribution in [0.2, 0.25) is 0 Å². The predicted octanol–water partition coefficient (Wildman–Crippen LogP) is 5.01. The van der Waals surface area contributed by atoms with Crippen molar-refractivity contribution in [2.24, 2.45) is 0 Å². The third-order valence-electron chi connectivity index (χ3n) is 6.55. The molecule has 0 radical (unpaired) electrons. The standard InChI is InChI=1S/C26H34F2N4O2/c1-18(2)34-25-6-4-3-5-24(25)32-13-11-31(12-14-32)23-9-7-21(8-10-23)29-26(33)30-22-16-19(27)15-20(28)17-22/h3-6,15-18,21,23H,7-14H2,1-2H3,(H2,29,30,33)/t21-,23+. The molecule has 6 nitrogen and oxygen atoms in total. The molecule has 0 bridgehead atoms. The average Bonchev–Trinajstić information content (AvgIpc) is 2.79. The van der Waals surface area contributed by atoms with Crippen molar-refractivity contribution >= 4 is 17.4 Å². The predicted molar refractivity (Wildman–Crippen MR) is 131 cm³/mol. The van der Waals surface area contributed by atoms with Gasteiger partial charge in [-0.3, -0.25) is 4.90 Å². The Balaban J connectivity index is 1.22. The molecule has 0 spiro atoms. The first-order valence-corrected chi connectivity index (χ1v) is 12.2. The summed E-state index contributed by atoms with van der Waals surface area (Å²) in [4.78, 5) is 17.2. The molecular weight excluding hydrogens is 438 g/mol. The lowest BCUT2D eigenvalue weighted by Gasteiger charge is -2.43. The summed E-state index contributed by atoms with van der Waals surface area (Å²) in [7, 11) is 0. The Morgan fingerprint density at radius 1 is 0.971 bits per heavy atom. The number of nitrogens with one attached hydrogen (secondary N) is 2. The monoisotopic (exact) mass is 472 g/mol. The Morgan fingerprint density at radius 2 is 1.62 bits per heavy atom. The minimum atomic E-state index is -0.716. The first-order chi connectivity index (χ1) is 16.4. The second-order valence-corrected chi connectivity index (χ2v) is 9.42. The Labute approximate surface area is 200 Å². The van der Waals surface area contributed by atoms with Crippen molar-refractivity contribution in [3.8, 4) is 5.75 Å². The molecule has 184 valence electrons. The van der Waals surface area contributed by atoms with Crippen LogP contribution in [0, 0.1) is 11.6 Å². The highest BCUT2D eigenvalue weighted by atomic mass is 19.1. The third-order valence-corrected chi connectivity index (χ3v) is 6.55. The van der Waals surface area contributed by atoms with Gasteiger partial charge >= 0.3 is 6.03 Å². The molecule has 0 atom stereocenters. The minimum Gasteiger partial charge on any atom is -0.489 e. The number of piperazine rings is 1. The smallest absolute Gasteiger partial charge is 0.319 e. The van der Waals surface area contributed by atoms with Crippen LogP contribution >= 0.6 is 0 Å². The van der Waals surface area contributed by atoms with Gasteiger partial charge in [-0.15, -0.1) is 0 Å². The highest BCUT2D eigenvalue weighted by molar-refractivity contribution is 5.89. The van der Waals surface area contributed by atoms with Crippen molar-refractivity contribution in [2.45, 2.75) is 57.7 Å². The van der Waals surface area contributed by atoms with Gasteiger partial charge in [0.05, 0.1) is 11.8 Å². The highest BCUT2D eigenvalue weighted by Crippen LogP contribution is 2.31. The fourth-order valence-corrected chi connectivity index (χ4v) is 4.96. The number of amides is 2. The van der Waals surface area contributed by atoms with Gasteiger partial charge < -0.3 is 20.3 Å². The second kappa shape index (κ2) is 11.0. The molecule has 1 saturated heterocycles. The molecule has 0 unspecified atom stereocenters. The number of carbonyl (C=O) groups is 1. The Bertz CT molecular complexity index is 951. The number of hydrogen-bond donors (Lipinski definition) is 2. The zero-order valence-corrected chi connectivity index (χ0v) is 19.9. The number of hydrogen-bond acceptors (Lipinski definition) is 4. The lowest BCUT2D eigenvalue weighted by atomic mass is 9.90. The molecule has 2 fully saturated rings. The molecular formula is C26H34F2N4O2. The van der Waals surface area contributed by atoms with Gasteiger partial charge in [0.2, 0.25) is 0 Å². The van der Waals surface area contributed by atoms with Gasteiger partial charge in [0.15, 0.2) is 0 Å². The zero-order valence-electron chi connectivity index (χ0n) is 19.9. The summed E-state index contributed by atoms with van der Waals surface area (Å²) in [6.07, 6.45) is 3.96. The molecule has 1 aliphatic carbocycles. The van der Waals surface area contributed by atoms with E-state index in [0.29, 0.717) is 6.04 Å². The molecule has 2 aromatic carbocycles. The molecule has 1 saturated carbocycles. The molecule has 8 heteroatoms. The van der Waals surface area contributed by atoms with Crippen molar-refractivity contribution in [3.63, 3.8) is 0 Å². The lowest BCUT2D eigenvalue weighted by molar-refractivity contribution is 0.137. The quantitative estimate of drug-likeness (QED) is 0.621. The van der Waals surface area contributed by atoms with Crippen molar-refractivity contribution in [2.75, 3.05) is 36.4 Å². The summed E-state index contributed by atoms with van der Waals surface area (Å²) >= 11 is 0. The molecule has 2 N–H and O–H groups in total. The molecule has 4 rings (SSSR count). The number of ether oxygens (including phenoxy) is 1. The van der Waals surface area contributed by atoms with E-state index in [1.165, 1.54) is 0 Å². The fourth-order valence-electron chi connectivity index (χ4n) is 4.96. The van der Waals surface area contributed by atoms with Gasteiger partial charge in [-0.2, -0.15) is 0 Å². The number of carbonyl (C=O) groups excluding carboxylic acids is 1. The zero-order chi connectivity index (χ0) is 24.1. The van der Waals surface area contributed by atoms with Crippen molar-refractivity contribution in [1.29, 1.82) is 0 Å². The molecule has 2 aromatic rings. The summed E-state index contributed by atoms with van der Waals surface area (Å²) in [5.74, 6) is -0.490. The Hall–Kier alpha value is -2.87. The van der Waals surface area contributed by atoms with Crippen molar-refractivity contribution < 1.29 is 18.3 Å². The number of rotatable bonds is 6. The minimum absolute atomic E-state index is 0.0657. The van der Waals surface area contributed by atoms with E-state index in [9.17, 15) is 13.6 Å².